The van der Waals surface area contributed by atoms with Crippen molar-refractivity contribution in [2.45, 2.75) is 50.6 Å². The summed E-state index contributed by atoms with van der Waals surface area (Å²) in [6.45, 7) is 3.98. The molecule has 0 spiro atoms. The van der Waals surface area contributed by atoms with E-state index in [-0.39, 0.29) is 46.8 Å². The molecule has 0 aromatic heterocycles. The second-order valence-corrected chi connectivity index (χ2v) is 12.8. The maximum Gasteiger partial charge on any atom is 0.264 e. The van der Waals surface area contributed by atoms with E-state index in [2.05, 4.69) is 5.32 Å². The minimum Gasteiger partial charge on any atom is -0.486 e. The Labute approximate surface area is 266 Å². The highest BCUT2D eigenvalue weighted by Gasteiger charge is 2.34. The summed E-state index contributed by atoms with van der Waals surface area (Å²) in [5.41, 5.74) is 0.576. The third-order valence-electron chi connectivity index (χ3n) is 7.07. The van der Waals surface area contributed by atoms with Gasteiger partial charge >= 0.3 is 0 Å². The van der Waals surface area contributed by atoms with Crippen molar-refractivity contribution in [2.24, 2.45) is 0 Å². The second-order valence-electron chi connectivity index (χ2n) is 10.1. The summed E-state index contributed by atoms with van der Waals surface area (Å²) in [4.78, 5) is 28.6. The number of carbonyl (C=O) groups is 2. The molecule has 3 aromatic carbocycles. The van der Waals surface area contributed by atoms with Crippen molar-refractivity contribution in [1.29, 1.82) is 0 Å². The quantitative estimate of drug-likeness (QED) is 0.231. The minimum atomic E-state index is -4.40. The molecular weight excluding hydrogens is 632 g/mol. The normalized spacial score (nSPS) is 13.2. The van der Waals surface area contributed by atoms with Gasteiger partial charge in [-0.3, -0.25) is 13.9 Å². The minimum absolute atomic E-state index is 0.0551. The standard InChI is InChI=1S/C31H34Cl2FN3O6S/c1-3-5-14-35-31(39)27(4-2)36(19-21-6-7-22(32)17-26(21)33)30(38)20-37(24-10-8-23(34)9-11-24)44(40,41)25-12-13-28-29(18-25)43-16-15-42-28/h6-13,17-18,27H,3-5,14-16,19-20H2,1-2H3,(H,35,39)/t27-/m0/s1. The number of nitrogens with one attached hydrogen (secondary N) is 1. The number of anilines is 1. The van der Waals surface area contributed by atoms with Crippen LogP contribution in [0.5, 0.6) is 11.5 Å². The molecule has 0 bridgehead atoms. The van der Waals surface area contributed by atoms with Gasteiger partial charge in [-0.1, -0.05) is 49.5 Å². The van der Waals surface area contributed by atoms with Gasteiger partial charge in [-0.15, -0.1) is 0 Å². The monoisotopic (exact) mass is 665 g/mol. The fourth-order valence-corrected chi connectivity index (χ4v) is 6.60. The predicted octanol–water partition coefficient (Wildman–Crippen LogP) is 5.82. The molecule has 9 nitrogen and oxygen atoms in total. The van der Waals surface area contributed by atoms with Crippen LogP contribution in [0.2, 0.25) is 10.0 Å². The number of ether oxygens (including phenoxy) is 2. The molecule has 13 heteroatoms. The lowest BCUT2D eigenvalue weighted by Gasteiger charge is -2.33. The van der Waals surface area contributed by atoms with Crippen LogP contribution in [-0.2, 0) is 26.2 Å². The Morgan fingerprint density at radius 3 is 2.34 bits per heavy atom. The average Bonchev–Trinajstić information content (AvgIpc) is 3.01. The van der Waals surface area contributed by atoms with Crippen LogP contribution in [0.4, 0.5) is 10.1 Å². The maximum atomic E-state index is 14.2. The summed E-state index contributed by atoms with van der Waals surface area (Å²) in [6, 6.07) is 12.8. The molecule has 1 N–H and O–H groups in total. The van der Waals surface area contributed by atoms with E-state index in [0.717, 1.165) is 29.3 Å². The number of hydrogen-bond donors (Lipinski definition) is 1. The van der Waals surface area contributed by atoms with E-state index >= 15 is 0 Å². The van der Waals surface area contributed by atoms with Crippen LogP contribution in [-0.4, -0.2) is 57.5 Å². The Balaban J connectivity index is 1.74. The van der Waals surface area contributed by atoms with Crippen molar-refractivity contribution in [2.75, 3.05) is 30.6 Å². The molecule has 1 aliphatic heterocycles. The van der Waals surface area contributed by atoms with E-state index in [1.165, 1.54) is 41.3 Å². The molecule has 0 saturated heterocycles. The molecule has 2 amide bonds. The summed E-state index contributed by atoms with van der Waals surface area (Å²) in [5, 5.41) is 3.55. The van der Waals surface area contributed by atoms with Gasteiger partial charge in [0.15, 0.2) is 11.5 Å². The topological polar surface area (TPSA) is 105 Å². The first-order chi connectivity index (χ1) is 21.0. The smallest absolute Gasteiger partial charge is 0.264 e. The molecule has 1 aliphatic rings. The van der Waals surface area contributed by atoms with E-state index in [1.807, 2.05) is 6.92 Å². The average molecular weight is 667 g/mol. The second kappa shape index (κ2) is 15.0. The van der Waals surface area contributed by atoms with Crippen molar-refractivity contribution in [3.05, 3.63) is 82.1 Å². The van der Waals surface area contributed by atoms with E-state index < -0.39 is 34.3 Å². The van der Waals surface area contributed by atoms with E-state index in [4.69, 9.17) is 32.7 Å². The number of benzene rings is 3. The van der Waals surface area contributed by atoms with Crippen LogP contribution in [0, 0.1) is 5.82 Å². The Hall–Kier alpha value is -3.54. The van der Waals surface area contributed by atoms with Gasteiger partial charge in [0.1, 0.15) is 31.6 Å². The number of sulfonamides is 1. The van der Waals surface area contributed by atoms with E-state index in [9.17, 15) is 22.4 Å². The van der Waals surface area contributed by atoms with E-state index in [1.54, 1.807) is 19.1 Å². The SMILES string of the molecule is CCCCNC(=O)[C@H](CC)N(Cc1ccc(Cl)cc1Cl)C(=O)CN(c1ccc(F)cc1)S(=O)(=O)c1ccc2c(c1)OCCO2. The first kappa shape index (κ1) is 33.4. The highest BCUT2D eigenvalue weighted by molar-refractivity contribution is 7.92. The predicted molar refractivity (Wildman–Crippen MR) is 167 cm³/mol. The Bertz CT molecular complexity index is 1590. The van der Waals surface area contributed by atoms with Gasteiger partial charge in [0, 0.05) is 29.2 Å². The Morgan fingerprint density at radius 2 is 1.68 bits per heavy atom. The number of hydrogen-bond acceptors (Lipinski definition) is 6. The first-order valence-corrected chi connectivity index (χ1v) is 16.4. The van der Waals surface area contributed by atoms with Crippen LogP contribution < -0.4 is 19.1 Å². The van der Waals surface area contributed by atoms with Crippen molar-refractivity contribution < 1.29 is 31.9 Å². The zero-order valence-electron chi connectivity index (χ0n) is 24.4. The zero-order valence-corrected chi connectivity index (χ0v) is 26.7. The molecule has 4 rings (SSSR count). The maximum absolute atomic E-state index is 14.2. The molecule has 0 radical (unpaired) electrons. The fourth-order valence-electron chi connectivity index (χ4n) is 4.71. The van der Waals surface area contributed by atoms with Gasteiger partial charge in [-0.05, 0) is 66.9 Å². The van der Waals surface area contributed by atoms with Crippen molar-refractivity contribution >= 4 is 50.7 Å². The lowest BCUT2D eigenvalue weighted by Crippen LogP contribution is -2.52. The van der Waals surface area contributed by atoms with Gasteiger partial charge in [0.05, 0.1) is 10.6 Å². The molecule has 0 aliphatic carbocycles. The molecule has 0 fully saturated rings. The van der Waals surface area contributed by atoms with Crippen LogP contribution in [0.25, 0.3) is 0 Å². The number of fused-ring (bicyclic) bond motifs is 1. The van der Waals surface area contributed by atoms with Crippen LogP contribution in [0.3, 0.4) is 0 Å². The largest absolute Gasteiger partial charge is 0.486 e. The number of rotatable bonds is 13. The van der Waals surface area contributed by atoms with Gasteiger partial charge in [-0.2, -0.15) is 0 Å². The number of unbranched alkanes of at least 4 members (excludes halogenated alkanes) is 1. The zero-order chi connectivity index (χ0) is 31.9. The summed E-state index contributed by atoms with van der Waals surface area (Å²) >= 11 is 12.5. The molecule has 1 atom stereocenters. The van der Waals surface area contributed by atoms with E-state index in [0.29, 0.717) is 29.5 Å². The summed E-state index contributed by atoms with van der Waals surface area (Å²) in [6.07, 6.45) is 1.87. The third kappa shape index (κ3) is 7.94. The first-order valence-electron chi connectivity index (χ1n) is 14.2. The number of halogens is 3. The lowest BCUT2D eigenvalue weighted by molar-refractivity contribution is -0.140. The Kier molecular flexibility index (Phi) is 11.3. The van der Waals surface area contributed by atoms with Crippen molar-refractivity contribution in [1.82, 2.24) is 10.2 Å². The third-order valence-corrected chi connectivity index (χ3v) is 9.42. The van der Waals surface area contributed by atoms with Crippen molar-refractivity contribution in [3.8, 4) is 11.5 Å². The molecule has 0 unspecified atom stereocenters. The molecule has 44 heavy (non-hydrogen) atoms. The Morgan fingerprint density at radius 1 is 0.977 bits per heavy atom. The van der Waals surface area contributed by atoms with Gasteiger partial charge in [0.25, 0.3) is 10.0 Å². The lowest BCUT2D eigenvalue weighted by atomic mass is 10.1. The molecule has 1 heterocycles. The fraction of sp³-hybridized carbons (Fsp3) is 0.355. The van der Waals surface area contributed by atoms with Crippen LogP contribution in [0.1, 0.15) is 38.7 Å². The molecule has 0 saturated carbocycles. The summed E-state index contributed by atoms with van der Waals surface area (Å²) in [5.74, 6) is -0.978. The van der Waals surface area contributed by atoms with Gasteiger partial charge in [0.2, 0.25) is 11.8 Å². The highest BCUT2D eigenvalue weighted by atomic mass is 35.5. The van der Waals surface area contributed by atoms with Gasteiger partial charge in [-0.25, -0.2) is 12.8 Å². The van der Waals surface area contributed by atoms with Crippen LogP contribution >= 0.6 is 23.2 Å². The van der Waals surface area contributed by atoms with Crippen LogP contribution in [0.15, 0.2) is 65.6 Å². The number of amides is 2. The number of carbonyl (C=O) groups excluding carboxylic acids is 2. The highest BCUT2D eigenvalue weighted by Crippen LogP contribution is 2.34. The molecular formula is C31H34Cl2FN3O6S. The summed E-state index contributed by atoms with van der Waals surface area (Å²) in [7, 11) is -4.40. The van der Waals surface area contributed by atoms with Crippen molar-refractivity contribution in [3.63, 3.8) is 0 Å². The number of nitrogens with zero attached hydrogens (tertiary/aromatic N) is 2. The summed E-state index contributed by atoms with van der Waals surface area (Å²) < 4.78 is 54.1. The molecule has 3 aromatic rings. The molecule has 236 valence electrons. The van der Waals surface area contributed by atoms with Gasteiger partial charge < -0.3 is 19.7 Å².